The van der Waals surface area contributed by atoms with Crippen LogP contribution in [0.15, 0.2) is 48.8 Å². The lowest BCUT2D eigenvalue weighted by molar-refractivity contribution is -0.139. The average Bonchev–Trinajstić information content (AvgIpc) is 3.39. The maximum absolute atomic E-state index is 13.6. The highest BCUT2D eigenvalue weighted by atomic mass is 16.3. The van der Waals surface area contributed by atoms with Gasteiger partial charge in [-0.15, -0.1) is 0 Å². The highest BCUT2D eigenvalue weighted by Gasteiger charge is 2.55. The molecule has 38 heavy (non-hydrogen) atoms. The van der Waals surface area contributed by atoms with Crippen LogP contribution < -0.4 is 0 Å². The lowest BCUT2D eigenvalue weighted by Gasteiger charge is -2.27. The molecule has 0 radical (unpaired) electrons. The van der Waals surface area contributed by atoms with Gasteiger partial charge in [-0.05, 0) is 69.4 Å². The van der Waals surface area contributed by atoms with Gasteiger partial charge in [-0.2, -0.15) is 5.10 Å². The second-order valence-corrected chi connectivity index (χ2v) is 10.5. The first-order valence-corrected chi connectivity index (χ1v) is 13.0. The molecule has 4 atom stereocenters. The van der Waals surface area contributed by atoms with Crippen LogP contribution in [-0.2, 0) is 22.6 Å². The van der Waals surface area contributed by atoms with Crippen molar-refractivity contribution in [2.24, 2.45) is 5.92 Å². The minimum absolute atomic E-state index is 0.00586. The van der Waals surface area contributed by atoms with E-state index in [9.17, 15) is 14.7 Å². The second kappa shape index (κ2) is 9.40. The van der Waals surface area contributed by atoms with Crippen LogP contribution in [0.25, 0.3) is 22.0 Å². The van der Waals surface area contributed by atoms with E-state index in [0.29, 0.717) is 23.9 Å². The van der Waals surface area contributed by atoms with Crippen LogP contribution >= 0.6 is 0 Å². The first-order valence-electron chi connectivity index (χ1n) is 13.0. The number of benzene rings is 1. The van der Waals surface area contributed by atoms with Crippen molar-refractivity contribution in [3.05, 3.63) is 71.7 Å². The Bertz CT molecular complexity index is 1540. The number of aryl methyl sites for hydroxylation is 2. The third-order valence-corrected chi connectivity index (χ3v) is 7.64. The van der Waals surface area contributed by atoms with Gasteiger partial charge < -0.3 is 10.0 Å². The fraction of sp³-hybridized carbons (Fsp3) is 0.379. The van der Waals surface area contributed by atoms with Crippen LogP contribution in [0.4, 0.5) is 0 Å². The highest BCUT2D eigenvalue weighted by Crippen LogP contribution is 2.48. The third-order valence-electron chi connectivity index (χ3n) is 7.64. The van der Waals surface area contributed by atoms with E-state index in [4.69, 9.17) is 0 Å². The van der Waals surface area contributed by atoms with Crippen molar-refractivity contribution >= 4 is 22.6 Å². The number of ketones is 1. The number of carbonyl (C=O) groups is 2. The summed E-state index contributed by atoms with van der Waals surface area (Å²) in [4.78, 5) is 41.7. The summed E-state index contributed by atoms with van der Waals surface area (Å²) >= 11 is 0. The SMILES string of the molecule is Cc1cccc(CC(=O)[C@@H]2C[C@H]3CC3N2C(=O)Cn2nc(C(C)O)c3cc(-c4cnc(C)nc4)ccc32)n1. The average molecular weight is 511 g/mol. The van der Waals surface area contributed by atoms with Gasteiger partial charge in [-0.1, -0.05) is 12.1 Å². The van der Waals surface area contributed by atoms with E-state index >= 15 is 0 Å². The number of piperidine rings is 1. The Morgan fingerprint density at radius 3 is 2.61 bits per heavy atom. The number of Topliss-reactive ketones (excluding diaryl/α,β-unsaturated/α-hetero) is 1. The van der Waals surface area contributed by atoms with Crippen molar-refractivity contribution in [3.63, 3.8) is 0 Å². The number of likely N-dealkylation sites (tertiary alicyclic amines) is 1. The molecule has 194 valence electrons. The molecule has 1 saturated heterocycles. The fourth-order valence-electron chi connectivity index (χ4n) is 5.66. The van der Waals surface area contributed by atoms with E-state index in [1.54, 1.807) is 28.9 Å². The Morgan fingerprint density at radius 1 is 1.08 bits per heavy atom. The fourth-order valence-corrected chi connectivity index (χ4v) is 5.66. The lowest BCUT2D eigenvalue weighted by atomic mass is 10.0. The Labute approximate surface area is 220 Å². The molecule has 1 aliphatic heterocycles. The molecule has 2 unspecified atom stereocenters. The molecule has 4 heterocycles. The summed E-state index contributed by atoms with van der Waals surface area (Å²) in [5, 5.41) is 15.9. The van der Waals surface area contributed by atoms with Crippen molar-refractivity contribution in [2.75, 3.05) is 0 Å². The minimum atomic E-state index is -0.811. The molecule has 6 rings (SSSR count). The molecule has 4 aromatic rings. The number of nitrogens with zero attached hydrogens (tertiary/aromatic N) is 6. The zero-order valence-electron chi connectivity index (χ0n) is 21.7. The number of rotatable bonds is 7. The molecular weight excluding hydrogens is 480 g/mol. The molecule has 1 amide bonds. The molecule has 1 N–H and O–H groups in total. The number of aliphatic hydroxyl groups excluding tert-OH is 1. The van der Waals surface area contributed by atoms with E-state index in [1.807, 2.05) is 50.2 Å². The predicted molar refractivity (Wildman–Crippen MR) is 141 cm³/mol. The Balaban J connectivity index is 1.26. The summed E-state index contributed by atoms with van der Waals surface area (Å²) in [7, 11) is 0. The molecule has 1 aromatic carbocycles. The number of fused-ring (bicyclic) bond motifs is 2. The molecule has 1 saturated carbocycles. The maximum Gasteiger partial charge on any atom is 0.245 e. The van der Waals surface area contributed by atoms with E-state index in [1.165, 1.54) is 0 Å². The molecule has 2 aliphatic rings. The standard InChI is InChI=1S/C29H30N6O3/c1-16-5-4-6-22(32-16)12-27(37)26-11-20-10-25(20)35(26)28(38)15-34-24-8-7-19(21-13-30-18(3)31-14-21)9-23(24)29(33-34)17(2)36/h4-9,13-14,17,20,25-26,36H,10-12,15H2,1-3H3/t17?,20-,25?,26+/m1/s1. The highest BCUT2D eigenvalue weighted by molar-refractivity contribution is 5.93. The van der Waals surface area contributed by atoms with Gasteiger partial charge in [0.05, 0.1) is 29.8 Å². The van der Waals surface area contributed by atoms with Gasteiger partial charge >= 0.3 is 0 Å². The predicted octanol–water partition coefficient (Wildman–Crippen LogP) is 3.36. The number of hydrogen-bond donors (Lipinski definition) is 1. The smallest absolute Gasteiger partial charge is 0.245 e. The summed E-state index contributed by atoms with van der Waals surface area (Å²) in [6.45, 7) is 5.41. The van der Waals surface area contributed by atoms with Crippen molar-refractivity contribution in [2.45, 2.75) is 64.8 Å². The molecule has 1 aliphatic carbocycles. The summed E-state index contributed by atoms with van der Waals surface area (Å²) in [5.41, 5.74) is 4.63. The molecular formula is C29H30N6O3. The Morgan fingerprint density at radius 2 is 1.87 bits per heavy atom. The maximum atomic E-state index is 13.6. The molecule has 9 heteroatoms. The van der Waals surface area contributed by atoms with Crippen LogP contribution in [0.5, 0.6) is 0 Å². The van der Waals surface area contributed by atoms with Gasteiger partial charge in [0.25, 0.3) is 0 Å². The van der Waals surface area contributed by atoms with E-state index in [-0.39, 0.29) is 30.7 Å². The van der Waals surface area contributed by atoms with E-state index in [2.05, 4.69) is 20.1 Å². The minimum Gasteiger partial charge on any atom is -0.387 e. The van der Waals surface area contributed by atoms with Crippen molar-refractivity contribution < 1.29 is 14.7 Å². The Hall–Kier alpha value is -3.98. The normalized spacial score (nSPS) is 20.9. The number of aliphatic hydroxyl groups is 1. The van der Waals surface area contributed by atoms with Gasteiger partial charge in [0.15, 0.2) is 5.78 Å². The van der Waals surface area contributed by atoms with Gasteiger partial charge in [-0.25, -0.2) is 9.97 Å². The zero-order chi connectivity index (χ0) is 26.6. The number of hydrogen-bond acceptors (Lipinski definition) is 7. The lowest BCUT2D eigenvalue weighted by Crippen LogP contribution is -2.45. The summed E-state index contributed by atoms with van der Waals surface area (Å²) < 4.78 is 1.65. The van der Waals surface area contributed by atoms with Crippen LogP contribution in [0, 0.1) is 19.8 Å². The first-order chi connectivity index (χ1) is 18.3. The van der Waals surface area contributed by atoms with E-state index < -0.39 is 12.1 Å². The first kappa shape index (κ1) is 24.4. The summed E-state index contributed by atoms with van der Waals surface area (Å²) in [6.07, 6.45) is 4.60. The third kappa shape index (κ3) is 4.47. The van der Waals surface area contributed by atoms with Crippen molar-refractivity contribution in [3.8, 4) is 11.1 Å². The quantitative estimate of drug-likeness (QED) is 0.405. The molecule has 2 fully saturated rings. The second-order valence-electron chi connectivity index (χ2n) is 10.5. The number of pyridine rings is 1. The summed E-state index contributed by atoms with van der Waals surface area (Å²) in [5.74, 6) is 0.990. The Kier molecular flexibility index (Phi) is 6.03. The summed E-state index contributed by atoms with van der Waals surface area (Å²) in [6, 6.07) is 11.2. The van der Waals surface area contributed by atoms with Crippen LogP contribution in [0.1, 0.15) is 48.8 Å². The number of aromatic nitrogens is 5. The van der Waals surface area contributed by atoms with Gasteiger partial charge in [-0.3, -0.25) is 19.3 Å². The van der Waals surface area contributed by atoms with Crippen molar-refractivity contribution in [1.29, 1.82) is 0 Å². The molecule has 9 nitrogen and oxygen atoms in total. The number of carbonyl (C=O) groups excluding carboxylic acids is 2. The van der Waals surface area contributed by atoms with Gasteiger partial charge in [0, 0.05) is 40.8 Å². The largest absolute Gasteiger partial charge is 0.387 e. The van der Waals surface area contributed by atoms with Crippen LogP contribution in [-0.4, -0.2) is 58.5 Å². The van der Waals surface area contributed by atoms with Crippen molar-refractivity contribution in [1.82, 2.24) is 29.6 Å². The van der Waals surface area contributed by atoms with Gasteiger partial charge in [0.1, 0.15) is 12.4 Å². The van der Waals surface area contributed by atoms with E-state index in [0.717, 1.165) is 39.8 Å². The topological polar surface area (TPSA) is 114 Å². The monoisotopic (exact) mass is 510 g/mol. The number of amides is 1. The molecule has 3 aromatic heterocycles. The van der Waals surface area contributed by atoms with Crippen LogP contribution in [0.3, 0.4) is 0 Å². The van der Waals surface area contributed by atoms with Gasteiger partial charge in [0.2, 0.25) is 5.91 Å². The van der Waals surface area contributed by atoms with Crippen LogP contribution in [0.2, 0.25) is 0 Å². The zero-order valence-corrected chi connectivity index (χ0v) is 21.7. The molecule has 0 bridgehead atoms. The molecule has 0 spiro atoms.